The summed E-state index contributed by atoms with van der Waals surface area (Å²) in [6.07, 6.45) is 1.90. The molecule has 0 amide bonds. The Morgan fingerprint density at radius 3 is 2.70 bits per heavy atom. The molecule has 2 aromatic rings. The average Bonchev–Trinajstić information content (AvgIpc) is 2.95. The summed E-state index contributed by atoms with van der Waals surface area (Å²) in [7, 11) is 0. The van der Waals surface area contributed by atoms with Crippen molar-refractivity contribution in [1.82, 2.24) is 15.6 Å². The lowest BCUT2D eigenvalue weighted by Gasteiger charge is -2.10. The Morgan fingerprint density at radius 2 is 2.04 bits per heavy atom. The van der Waals surface area contributed by atoms with Crippen molar-refractivity contribution in [3.63, 3.8) is 0 Å². The number of aliphatic imine (C=N–C) groups is 1. The molecular weight excluding hydrogens is 439 g/mol. The topological polar surface area (TPSA) is 49.3 Å². The summed E-state index contributed by atoms with van der Waals surface area (Å²) in [5, 5.41) is 7.73. The highest BCUT2D eigenvalue weighted by Crippen LogP contribution is 2.15. The summed E-state index contributed by atoms with van der Waals surface area (Å²) in [5.74, 6) is 1.87. The molecule has 2 N–H and O–H groups in total. The largest absolute Gasteiger partial charge is 0.357 e. The molecule has 1 aromatic carbocycles. The molecule has 0 saturated carbocycles. The fourth-order valence-corrected chi connectivity index (χ4v) is 3.34. The Bertz CT molecular complexity index is 587. The standard InChI is InChI=1S/C16H22N4S2.HI/c1-3-17-16(20-12-15-11-19-13(2)22-15)18-9-10-21-14-7-5-4-6-8-14;/h4-8,11H,3,9-10,12H2,1-2H3,(H2,17,18,20);1H. The summed E-state index contributed by atoms with van der Waals surface area (Å²) >= 11 is 3.54. The number of thioether (sulfide) groups is 1. The third-order valence-electron chi connectivity index (χ3n) is 2.81. The van der Waals surface area contributed by atoms with Gasteiger partial charge >= 0.3 is 0 Å². The number of thiazole rings is 1. The van der Waals surface area contributed by atoms with Gasteiger partial charge in [-0.2, -0.15) is 0 Å². The van der Waals surface area contributed by atoms with Crippen molar-refractivity contribution in [3.05, 3.63) is 46.4 Å². The third kappa shape index (κ3) is 8.03. The average molecular weight is 462 g/mol. The van der Waals surface area contributed by atoms with E-state index in [4.69, 9.17) is 0 Å². The number of aryl methyl sites for hydroxylation is 1. The van der Waals surface area contributed by atoms with Crippen LogP contribution >= 0.6 is 47.1 Å². The van der Waals surface area contributed by atoms with Crippen molar-refractivity contribution in [1.29, 1.82) is 0 Å². The molecule has 0 bridgehead atoms. The minimum absolute atomic E-state index is 0. The molecule has 4 nitrogen and oxygen atoms in total. The summed E-state index contributed by atoms with van der Waals surface area (Å²) in [4.78, 5) is 11.3. The molecule has 0 aliphatic carbocycles. The number of guanidine groups is 1. The van der Waals surface area contributed by atoms with Crippen molar-refractivity contribution < 1.29 is 0 Å². The van der Waals surface area contributed by atoms with E-state index in [1.165, 1.54) is 9.77 Å². The monoisotopic (exact) mass is 462 g/mol. The van der Waals surface area contributed by atoms with Crippen molar-refractivity contribution >= 4 is 53.0 Å². The lowest BCUT2D eigenvalue weighted by molar-refractivity contribution is 0.844. The van der Waals surface area contributed by atoms with Gasteiger partial charge in [-0.25, -0.2) is 9.98 Å². The van der Waals surface area contributed by atoms with Crippen LogP contribution in [0.1, 0.15) is 16.8 Å². The van der Waals surface area contributed by atoms with Gasteiger partial charge in [-0.1, -0.05) is 18.2 Å². The minimum Gasteiger partial charge on any atom is -0.357 e. The Kier molecular flexibility index (Phi) is 10.3. The van der Waals surface area contributed by atoms with E-state index >= 15 is 0 Å². The van der Waals surface area contributed by atoms with Crippen LogP contribution in [0.5, 0.6) is 0 Å². The molecule has 0 fully saturated rings. The molecule has 0 spiro atoms. The van der Waals surface area contributed by atoms with Crippen molar-refractivity contribution in [2.24, 2.45) is 4.99 Å². The van der Waals surface area contributed by atoms with Gasteiger partial charge in [-0.15, -0.1) is 47.1 Å². The van der Waals surface area contributed by atoms with Crippen LogP contribution in [-0.4, -0.2) is 29.8 Å². The highest BCUT2D eigenvalue weighted by atomic mass is 127. The maximum atomic E-state index is 4.60. The number of hydrogen-bond donors (Lipinski definition) is 2. The van der Waals surface area contributed by atoms with E-state index < -0.39 is 0 Å². The van der Waals surface area contributed by atoms with Crippen LogP contribution in [0.4, 0.5) is 0 Å². The second-order valence-electron chi connectivity index (χ2n) is 4.63. The SMILES string of the molecule is CCNC(=NCc1cnc(C)s1)NCCSc1ccccc1.I. The minimum atomic E-state index is 0. The zero-order valence-corrected chi connectivity index (χ0v) is 17.4. The second kappa shape index (κ2) is 11.7. The summed E-state index contributed by atoms with van der Waals surface area (Å²) in [6, 6.07) is 10.4. The van der Waals surface area contributed by atoms with Gasteiger partial charge in [0.05, 0.1) is 11.6 Å². The van der Waals surface area contributed by atoms with Gasteiger partial charge in [0.25, 0.3) is 0 Å². The molecule has 1 aromatic heterocycles. The number of hydrogen-bond acceptors (Lipinski definition) is 4. The first-order valence-corrected chi connectivity index (χ1v) is 9.19. The van der Waals surface area contributed by atoms with Crippen LogP contribution in [0.3, 0.4) is 0 Å². The Morgan fingerprint density at radius 1 is 1.26 bits per heavy atom. The van der Waals surface area contributed by atoms with E-state index in [9.17, 15) is 0 Å². The van der Waals surface area contributed by atoms with Gasteiger partial charge in [-0.3, -0.25) is 0 Å². The number of nitrogens with one attached hydrogen (secondary N) is 2. The molecule has 23 heavy (non-hydrogen) atoms. The van der Waals surface area contributed by atoms with Gasteiger partial charge in [0.15, 0.2) is 5.96 Å². The van der Waals surface area contributed by atoms with E-state index in [-0.39, 0.29) is 24.0 Å². The molecule has 1 heterocycles. The molecule has 2 rings (SSSR count). The van der Waals surface area contributed by atoms with Crippen LogP contribution in [-0.2, 0) is 6.54 Å². The summed E-state index contributed by atoms with van der Waals surface area (Å²) in [5.41, 5.74) is 0. The Labute approximate surface area is 163 Å². The van der Waals surface area contributed by atoms with Gasteiger partial charge in [0, 0.05) is 34.8 Å². The maximum Gasteiger partial charge on any atom is 0.191 e. The maximum absolute atomic E-state index is 4.60. The number of halogens is 1. The molecule has 0 saturated heterocycles. The normalized spacial score (nSPS) is 11.0. The lowest BCUT2D eigenvalue weighted by atomic mass is 10.4. The van der Waals surface area contributed by atoms with Crippen LogP contribution < -0.4 is 10.6 Å². The van der Waals surface area contributed by atoms with Gasteiger partial charge in [-0.05, 0) is 26.0 Å². The van der Waals surface area contributed by atoms with Crippen LogP contribution in [0.2, 0.25) is 0 Å². The zero-order valence-electron chi connectivity index (χ0n) is 13.4. The van der Waals surface area contributed by atoms with E-state index in [0.29, 0.717) is 6.54 Å². The molecule has 0 aliphatic rings. The van der Waals surface area contributed by atoms with Crippen molar-refractivity contribution in [2.75, 3.05) is 18.8 Å². The number of rotatable bonds is 7. The second-order valence-corrected chi connectivity index (χ2v) is 7.12. The van der Waals surface area contributed by atoms with E-state index in [0.717, 1.165) is 29.8 Å². The Hall–Kier alpha value is -0.800. The van der Waals surface area contributed by atoms with E-state index in [2.05, 4.69) is 51.8 Å². The van der Waals surface area contributed by atoms with E-state index in [1.807, 2.05) is 30.9 Å². The van der Waals surface area contributed by atoms with Crippen LogP contribution in [0.25, 0.3) is 0 Å². The van der Waals surface area contributed by atoms with Crippen molar-refractivity contribution in [3.8, 4) is 0 Å². The molecule has 0 radical (unpaired) electrons. The predicted octanol–water partition coefficient (Wildman–Crippen LogP) is 3.92. The fraction of sp³-hybridized carbons (Fsp3) is 0.375. The third-order valence-corrected chi connectivity index (χ3v) is 4.72. The summed E-state index contributed by atoms with van der Waals surface area (Å²) < 4.78 is 0. The zero-order chi connectivity index (χ0) is 15.6. The number of nitrogens with zero attached hydrogens (tertiary/aromatic N) is 2. The predicted molar refractivity (Wildman–Crippen MR) is 112 cm³/mol. The summed E-state index contributed by atoms with van der Waals surface area (Å²) in [6.45, 7) is 6.51. The molecular formula is C16H23IN4S2. The van der Waals surface area contributed by atoms with Crippen LogP contribution in [0, 0.1) is 6.92 Å². The molecule has 0 unspecified atom stereocenters. The highest BCUT2D eigenvalue weighted by Gasteiger charge is 2.00. The molecule has 7 heteroatoms. The highest BCUT2D eigenvalue weighted by molar-refractivity contribution is 14.0. The number of aromatic nitrogens is 1. The van der Waals surface area contributed by atoms with E-state index in [1.54, 1.807) is 11.3 Å². The molecule has 126 valence electrons. The Balaban J connectivity index is 0.00000264. The first-order chi connectivity index (χ1) is 10.8. The number of benzene rings is 1. The first kappa shape index (κ1) is 20.2. The van der Waals surface area contributed by atoms with Crippen LogP contribution in [0.15, 0.2) is 46.4 Å². The molecule has 0 atom stereocenters. The van der Waals surface area contributed by atoms with Gasteiger partial charge in [0.2, 0.25) is 0 Å². The fourth-order valence-electron chi connectivity index (χ4n) is 1.83. The van der Waals surface area contributed by atoms with Gasteiger partial charge < -0.3 is 10.6 Å². The first-order valence-electron chi connectivity index (χ1n) is 7.39. The smallest absolute Gasteiger partial charge is 0.191 e. The van der Waals surface area contributed by atoms with Gasteiger partial charge in [0.1, 0.15) is 0 Å². The molecule has 0 aliphatic heterocycles. The lowest BCUT2D eigenvalue weighted by Crippen LogP contribution is -2.38. The van der Waals surface area contributed by atoms with Crippen molar-refractivity contribution in [2.45, 2.75) is 25.3 Å². The quantitative estimate of drug-likeness (QED) is 0.215.